The summed E-state index contributed by atoms with van der Waals surface area (Å²) in [6, 6.07) is 7.23. The number of anilines is 1. The Bertz CT molecular complexity index is 431. The van der Waals surface area contributed by atoms with Crippen LogP contribution in [0.2, 0.25) is 0 Å². The molecule has 2 rings (SSSR count). The second kappa shape index (κ2) is 7.75. The third kappa shape index (κ3) is 4.42. The summed E-state index contributed by atoms with van der Waals surface area (Å²) in [5.74, 6) is 0.671. The predicted octanol–water partition coefficient (Wildman–Crippen LogP) is 0.885. The molecule has 20 heavy (non-hydrogen) atoms. The van der Waals surface area contributed by atoms with E-state index in [2.05, 4.69) is 10.6 Å². The van der Waals surface area contributed by atoms with Gasteiger partial charge in [0.15, 0.2) is 0 Å². The van der Waals surface area contributed by atoms with E-state index >= 15 is 0 Å². The lowest BCUT2D eigenvalue weighted by Crippen LogP contribution is -3.13. The molecule has 0 bridgehead atoms. The van der Waals surface area contributed by atoms with E-state index in [0.29, 0.717) is 18.0 Å². The summed E-state index contributed by atoms with van der Waals surface area (Å²) in [6.45, 7) is 4.17. The quantitative estimate of drug-likeness (QED) is 0.749. The molecule has 1 aliphatic heterocycles. The van der Waals surface area contributed by atoms with Crippen molar-refractivity contribution in [2.75, 3.05) is 38.6 Å². The largest absolute Gasteiger partial charge is 0.495 e. The lowest BCUT2D eigenvalue weighted by atomic mass is 10.1. The maximum atomic E-state index is 11.8. The Hall–Kier alpha value is -1.75. The van der Waals surface area contributed by atoms with Crippen molar-refractivity contribution >= 4 is 11.7 Å². The van der Waals surface area contributed by atoms with Gasteiger partial charge in [0.1, 0.15) is 5.75 Å². The molecule has 0 spiro atoms. The summed E-state index contributed by atoms with van der Waals surface area (Å²) in [5, 5.41) is 5.72. The first-order valence-electron chi connectivity index (χ1n) is 7.31. The van der Waals surface area contributed by atoms with E-state index in [4.69, 9.17) is 4.74 Å². The minimum absolute atomic E-state index is 0.175. The molecule has 1 fully saturated rings. The van der Waals surface area contributed by atoms with Gasteiger partial charge < -0.3 is 20.3 Å². The van der Waals surface area contributed by atoms with Crippen LogP contribution >= 0.6 is 0 Å². The highest BCUT2D eigenvalue weighted by Crippen LogP contribution is 2.22. The van der Waals surface area contributed by atoms with E-state index in [1.54, 1.807) is 12.0 Å². The molecule has 0 aliphatic carbocycles. The molecule has 1 aromatic rings. The van der Waals surface area contributed by atoms with Gasteiger partial charge in [-0.15, -0.1) is 0 Å². The van der Waals surface area contributed by atoms with Crippen molar-refractivity contribution in [1.82, 2.24) is 5.32 Å². The van der Waals surface area contributed by atoms with E-state index < -0.39 is 0 Å². The number of rotatable bonds is 5. The number of nitrogens with one attached hydrogen (secondary N) is 3. The lowest BCUT2D eigenvalue weighted by Gasteiger charge is -2.23. The summed E-state index contributed by atoms with van der Waals surface area (Å²) < 4.78 is 5.20. The molecule has 5 heteroatoms. The summed E-state index contributed by atoms with van der Waals surface area (Å²) in [4.78, 5) is 13.4. The van der Waals surface area contributed by atoms with Crippen LogP contribution in [0.25, 0.3) is 0 Å². The Morgan fingerprint density at radius 3 is 2.75 bits per heavy atom. The van der Waals surface area contributed by atoms with E-state index in [0.717, 1.165) is 6.54 Å². The lowest BCUT2D eigenvalue weighted by molar-refractivity contribution is -0.903. The van der Waals surface area contributed by atoms with Crippen LogP contribution in [0.4, 0.5) is 10.5 Å². The Kier molecular flexibility index (Phi) is 5.68. The van der Waals surface area contributed by atoms with Gasteiger partial charge in [-0.25, -0.2) is 4.79 Å². The molecular formula is C15H24N3O2+. The first-order chi connectivity index (χ1) is 9.79. The first kappa shape index (κ1) is 14.7. The number of urea groups is 1. The van der Waals surface area contributed by atoms with Crippen LogP contribution in [0.5, 0.6) is 5.75 Å². The van der Waals surface area contributed by atoms with Crippen molar-refractivity contribution in [1.29, 1.82) is 0 Å². The monoisotopic (exact) mass is 278 g/mol. The fourth-order valence-corrected chi connectivity index (χ4v) is 2.57. The molecule has 110 valence electrons. The first-order valence-corrected chi connectivity index (χ1v) is 7.31. The summed E-state index contributed by atoms with van der Waals surface area (Å²) in [6.07, 6.45) is 3.97. The van der Waals surface area contributed by atoms with E-state index in [-0.39, 0.29) is 6.03 Å². The van der Waals surface area contributed by atoms with E-state index in [9.17, 15) is 4.79 Å². The van der Waals surface area contributed by atoms with Crippen molar-refractivity contribution in [3.63, 3.8) is 0 Å². The van der Waals surface area contributed by atoms with Crippen molar-refractivity contribution in [2.24, 2.45) is 0 Å². The van der Waals surface area contributed by atoms with Crippen LogP contribution in [0.3, 0.4) is 0 Å². The van der Waals surface area contributed by atoms with Crippen LogP contribution in [0.15, 0.2) is 24.3 Å². The van der Waals surface area contributed by atoms with Gasteiger partial charge in [-0.1, -0.05) is 12.1 Å². The third-order valence-corrected chi connectivity index (χ3v) is 3.68. The highest BCUT2D eigenvalue weighted by atomic mass is 16.5. The molecule has 0 aromatic heterocycles. The number of carbonyl (C=O) groups is 1. The molecule has 3 N–H and O–H groups in total. The minimum Gasteiger partial charge on any atom is -0.495 e. The molecule has 0 saturated carbocycles. The molecule has 0 unspecified atom stereocenters. The zero-order chi connectivity index (χ0) is 14.2. The third-order valence-electron chi connectivity index (χ3n) is 3.68. The molecule has 0 radical (unpaired) electrons. The van der Waals surface area contributed by atoms with Crippen molar-refractivity contribution in [3.8, 4) is 5.75 Å². The maximum Gasteiger partial charge on any atom is 0.319 e. The van der Waals surface area contributed by atoms with E-state index in [1.807, 2.05) is 24.3 Å². The number of piperidine rings is 1. The number of amides is 2. The molecule has 1 aromatic carbocycles. The number of hydrogen-bond acceptors (Lipinski definition) is 2. The van der Waals surface area contributed by atoms with Crippen LogP contribution in [-0.4, -0.2) is 39.3 Å². The van der Waals surface area contributed by atoms with Crippen molar-refractivity contribution in [2.45, 2.75) is 19.3 Å². The topological polar surface area (TPSA) is 54.8 Å². The number of likely N-dealkylation sites (tertiary alicyclic amines) is 1. The SMILES string of the molecule is COc1ccccc1NC(=O)NCC[NH+]1CCCCC1. The van der Waals surface area contributed by atoms with Crippen LogP contribution in [0.1, 0.15) is 19.3 Å². The molecule has 2 amide bonds. The molecule has 1 saturated heterocycles. The second-order valence-corrected chi connectivity index (χ2v) is 5.14. The van der Waals surface area contributed by atoms with Crippen molar-refractivity contribution in [3.05, 3.63) is 24.3 Å². The normalized spacial score (nSPS) is 15.7. The number of hydrogen-bond donors (Lipinski definition) is 3. The molecule has 0 atom stereocenters. The van der Waals surface area contributed by atoms with Gasteiger partial charge in [0.05, 0.1) is 39.0 Å². The molecular weight excluding hydrogens is 254 g/mol. The van der Waals surface area contributed by atoms with Gasteiger partial charge in [-0.2, -0.15) is 0 Å². The minimum atomic E-state index is -0.175. The molecule has 1 heterocycles. The Morgan fingerprint density at radius 1 is 1.25 bits per heavy atom. The maximum absolute atomic E-state index is 11.8. The van der Waals surface area contributed by atoms with Crippen LogP contribution in [0, 0.1) is 0 Å². The Labute approximate surface area is 120 Å². The number of ether oxygens (including phenoxy) is 1. The number of quaternary nitrogens is 1. The Morgan fingerprint density at radius 2 is 2.00 bits per heavy atom. The zero-order valence-electron chi connectivity index (χ0n) is 12.1. The average Bonchev–Trinajstić information content (AvgIpc) is 2.49. The summed E-state index contributed by atoms with van der Waals surface area (Å²) in [5.41, 5.74) is 0.692. The van der Waals surface area contributed by atoms with Gasteiger partial charge >= 0.3 is 6.03 Å². The predicted molar refractivity (Wildman–Crippen MR) is 79.4 cm³/mol. The molecule has 1 aliphatic rings. The van der Waals surface area contributed by atoms with E-state index in [1.165, 1.54) is 32.4 Å². The average molecular weight is 278 g/mol. The number of methoxy groups -OCH3 is 1. The fraction of sp³-hybridized carbons (Fsp3) is 0.533. The highest BCUT2D eigenvalue weighted by molar-refractivity contribution is 5.90. The number of para-hydroxylation sites is 2. The Balaban J connectivity index is 1.72. The van der Waals surface area contributed by atoms with Gasteiger partial charge in [0.25, 0.3) is 0 Å². The van der Waals surface area contributed by atoms with Gasteiger partial charge in [-0.05, 0) is 31.4 Å². The van der Waals surface area contributed by atoms with Gasteiger partial charge in [0.2, 0.25) is 0 Å². The number of carbonyl (C=O) groups excluding carboxylic acids is 1. The number of benzene rings is 1. The van der Waals surface area contributed by atoms with Crippen molar-refractivity contribution < 1.29 is 14.4 Å². The van der Waals surface area contributed by atoms with Crippen LogP contribution < -0.4 is 20.3 Å². The second-order valence-electron chi connectivity index (χ2n) is 5.14. The zero-order valence-corrected chi connectivity index (χ0v) is 12.1. The summed E-state index contributed by atoms with van der Waals surface area (Å²) >= 11 is 0. The fourth-order valence-electron chi connectivity index (χ4n) is 2.57. The van der Waals surface area contributed by atoms with Gasteiger partial charge in [-0.3, -0.25) is 0 Å². The molecule has 5 nitrogen and oxygen atoms in total. The van der Waals surface area contributed by atoms with Gasteiger partial charge in [0, 0.05) is 0 Å². The summed E-state index contributed by atoms with van der Waals surface area (Å²) in [7, 11) is 1.60. The van der Waals surface area contributed by atoms with Crippen LogP contribution in [-0.2, 0) is 0 Å². The standard InChI is InChI=1S/C15H23N3O2/c1-20-14-8-4-3-7-13(14)17-15(19)16-9-12-18-10-5-2-6-11-18/h3-4,7-8H,2,5-6,9-12H2,1H3,(H2,16,17,19)/p+1. The highest BCUT2D eigenvalue weighted by Gasteiger charge is 2.13. The smallest absolute Gasteiger partial charge is 0.319 e.